The highest BCUT2D eigenvalue weighted by Crippen LogP contribution is 2.40. The first-order chi connectivity index (χ1) is 15.4. The maximum absolute atomic E-state index is 12.8. The second-order valence-corrected chi connectivity index (χ2v) is 7.86. The first kappa shape index (κ1) is 21.6. The highest BCUT2D eigenvalue weighted by atomic mass is 35.5. The third kappa shape index (κ3) is 3.76. The Morgan fingerprint density at radius 3 is 2.25 bits per heavy atom. The number of benzene rings is 3. The van der Waals surface area contributed by atoms with Crippen LogP contribution in [0.5, 0.6) is 17.2 Å². The fourth-order valence-electron chi connectivity index (χ4n) is 3.95. The van der Waals surface area contributed by atoms with Crippen molar-refractivity contribution in [2.24, 2.45) is 0 Å². The Morgan fingerprint density at radius 1 is 0.938 bits per heavy atom. The van der Waals surface area contributed by atoms with Crippen molar-refractivity contribution < 1.29 is 19.0 Å². The summed E-state index contributed by atoms with van der Waals surface area (Å²) in [5.41, 5.74) is 5.19. The number of aromatic nitrogens is 1. The molecule has 0 aliphatic carbocycles. The van der Waals surface area contributed by atoms with E-state index in [9.17, 15) is 4.79 Å². The molecule has 2 amide bonds. The number of halogens is 1. The van der Waals surface area contributed by atoms with Crippen LogP contribution in [0.25, 0.3) is 21.8 Å². The van der Waals surface area contributed by atoms with E-state index in [0.29, 0.717) is 33.6 Å². The van der Waals surface area contributed by atoms with E-state index in [-0.39, 0.29) is 6.03 Å². The zero-order valence-electron chi connectivity index (χ0n) is 18.5. The Kier molecular flexibility index (Phi) is 5.76. The van der Waals surface area contributed by atoms with Crippen LogP contribution in [0.2, 0.25) is 5.02 Å². The van der Waals surface area contributed by atoms with E-state index in [0.717, 1.165) is 32.9 Å². The molecule has 0 atom stereocenters. The van der Waals surface area contributed by atoms with E-state index >= 15 is 0 Å². The molecule has 0 saturated carbocycles. The molecule has 166 valence electrons. The van der Waals surface area contributed by atoms with Gasteiger partial charge < -0.3 is 29.8 Å². The number of rotatable bonds is 5. The molecule has 0 fully saturated rings. The molecule has 0 radical (unpaired) electrons. The summed E-state index contributed by atoms with van der Waals surface area (Å²) in [7, 11) is 4.57. The van der Waals surface area contributed by atoms with E-state index in [1.807, 2.05) is 38.1 Å². The number of ether oxygens (including phenoxy) is 3. The monoisotopic (exact) mass is 453 g/mol. The minimum absolute atomic E-state index is 0.390. The smallest absolute Gasteiger partial charge is 0.323 e. The van der Waals surface area contributed by atoms with Crippen LogP contribution in [0.1, 0.15) is 11.1 Å². The number of aromatic amines is 1. The molecule has 4 aromatic rings. The quantitative estimate of drug-likeness (QED) is 0.333. The van der Waals surface area contributed by atoms with Crippen LogP contribution in [0.15, 0.2) is 36.4 Å². The summed E-state index contributed by atoms with van der Waals surface area (Å²) in [6.07, 6.45) is 0. The van der Waals surface area contributed by atoms with Crippen molar-refractivity contribution in [2.45, 2.75) is 13.8 Å². The predicted octanol–water partition coefficient (Wildman–Crippen LogP) is 6.26. The van der Waals surface area contributed by atoms with Crippen LogP contribution < -0.4 is 24.8 Å². The molecular weight excluding hydrogens is 430 g/mol. The second-order valence-electron chi connectivity index (χ2n) is 7.42. The number of carbonyl (C=O) groups excluding carboxylic acids is 1. The molecule has 3 N–H and O–H groups in total. The molecule has 0 bridgehead atoms. The molecule has 7 nitrogen and oxygen atoms in total. The molecule has 0 saturated heterocycles. The van der Waals surface area contributed by atoms with E-state index in [2.05, 4.69) is 15.6 Å². The van der Waals surface area contributed by atoms with Gasteiger partial charge in [0, 0.05) is 44.6 Å². The lowest BCUT2D eigenvalue weighted by atomic mass is 10.0. The lowest BCUT2D eigenvalue weighted by Crippen LogP contribution is -2.20. The summed E-state index contributed by atoms with van der Waals surface area (Å²) in [6, 6.07) is 10.6. The molecule has 1 heterocycles. The minimum atomic E-state index is -0.390. The van der Waals surface area contributed by atoms with Crippen LogP contribution in [0, 0.1) is 13.8 Å². The Hall–Kier alpha value is -3.58. The Morgan fingerprint density at radius 2 is 1.62 bits per heavy atom. The number of hydrogen-bond acceptors (Lipinski definition) is 4. The van der Waals surface area contributed by atoms with Gasteiger partial charge in [0.15, 0.2) is 11.5 Å². The van der Waals surface area contributed by atoms with E-state index in [1.54, 1.807) is 12.1 Å². The molecule has 0 aliphatic heterocycles. The van der Waals surface area contributed by atoms with Gasteiger partial charge in [-0.3, -0.25) is 0 Å². The fraction of sp³-hybridized carbons (Fsp3) is 0.208. The number of aryl methyl sites for hydroxylation is 2. The Labute approximate surface area is 190 Å². The van der Waals surface area contributed by atoms with Crippen LogP contribution in [-0.2, 0) is 0 Å². The Balaban J connectivity index is 1.68. The summed E-state index contributed by atoms with van der Waals surface area (Å²) < 4.78 is 16.0. The third-order valence-electron chi connectivity index (χ3n) is 5.47. The third-order valence-corrected chi connectivity index (χ3v) is 5.70. The van der Waals surface area contributed by atoms with Crippen molar-refractivity contribution in [1.82, 2.24) is 4.98 Å². The number of amides is 2. The Bertz CT molecular complexity index is 1320. The molecule has 0 spiro atoms. The molecule has 32 heavy (non-hydrogen) atoms. The van der Waals surface area contributed by atoms with Gasteiger partial charge in [0.25, 0.3) is 0 Å². The van der Waals surface area contributed by atoms with Gasteiger partial charge >= 0.3 is 6.03 Å². The molecular formula is C24H24ClN3O4. The van der Waals surface area contributed by atoms with Gasteiger partial charge in [-0.15, -0.1) is 0 Å². The molecule has 0 unspecified atom stereocenters. The van der Waals surface area contributed by atoms with E-state index < -0.39 is 0 Å². The summed E-state index contributed by atoms with van der Waals surface area (Å²) in [5.74, 6) is 1.36. The zero-order chi connectivity index (χ0) is 23.0. The van der Waals surface area contributed by atoms with Crippen molar-refractivity contribution in [3.63, 3.8) is 0 Å². The summed E-state index contributed by atoms with van der Waals surface area (Å²) in [5, 5.41) is 8.50. The normalized spacial score (nSPS) is 10.9. The topological polar surface area (TPSA) is 84.6 Å². The van der Waals surface area contributed by atoms with E-state index in [1.165, 1.54) is 21.3 Å². The zero-order valence-corrected chi connectivity index (χ0v) is 19.2. The maximum Gasteiger partial charge on any atom is 0.323 e. The number of hydrogen-bond donors (Lipinski definition) is 3. The number of methoxy groups -OCH3 is 3. The van der Waals surface area contributed by atoms with Gasteiger partial charge in [-0.05, 0) is 49.2 Å². The number of carbonyl (C=O) groups is 1. The minimum Gasteiger partial charge on any atom is -0.493 e. The molecule has 0 aliphatic rings. The molecule has 3 aromatic carbocycles. The largest absolute Gasteiger partial charge is 0.493 e. The molecule has 1 aromatic heterocycles. The van der Waals surface area contributed by atoms with Crippen molar-refractivity contribution >= 4 is 50.8 Å². The van der Waals surface area contributed by atoms with E-state index in [4.69, 9.17) is 25.8 Å². The highest BCUT2D eigenvalue weighted by molar-refractivity contribution is 6.32. The van der Waals surface area contributed by atoms with Crippen molar-refractivity contribution in [1.29, 1.82) is 0 Å². The van der Waals surface area contributed by atoms with Crippen LogP contribution in [0.4, 0.5) is 16.2 Å². The summed E-state index contributed by atoms with van der Waals surface area (Å²) in [6.45, 7) is 3.98. The maximum atomic E-state index is 12.8. The summed E-state index contributed by atoms with van der Waals surface area (Å²) >= 11 is 6.23. The predicted molar refractivity (Wildman–Crippen MR) is 129 cm³/mol. The van der Waals surface area contributed by atoms with Gasteiger partial charge in [-0.25, -0.2) is 4.79 Å². The fourth-order valence-corrected chi connectivity index (χ4v) is 4.12. The van der Waals surface area contributed by atoms with Crippen molar-refractivity contribution in [3.8, 4) is 17.2 Å². The number of nitrogens with one attached hydrogen (secondary N) is 3. The molecule has 8 heteroatoms. The van der Waals surface area contributed by atoms with Crippen LogP contribution >= 0.6 is 11.6 Å². The summed E-state index contributed by atoms with van der Waals surface area (Å²) in [4.78, 5) is 16.3. The number of anilines is 2. The van der Waals surface area contributed by atoms with Crippen molar-refractivity contribution in [3.05, 3.63) is 52.5 Å². The van der Waals surface area contributed by atoms with Gasteiger partial charge in [0.1, 0.15) is 0 Å². The van der Waals surface area contributed by atoms with Gasteiger partial charge in [0.05, 0.1) is 27.0 Å². The molecule has 4 rings (SSSR count). The highest BCUT2D eigenvalue weighted by Gasteiger charge is 2.17. The number of fused-ring (bicyclic) bond motifs is 3. The lowest BCUT2D eigenvalue weighted by Gasteiger charge is -2.16. The standard InChI is InChI=1S/C24H24ClN3O4/c1-12-8-18(13(2)21-16-9-14(25)6-7-17(16)27-22(12)21)28-24(29)26-15-10-19(30-3)23(32-5)20(11-15)31-4/h6-11,27H,1-5H3,(H2,26,28,29). The first-order valence-electron chi connectivity index (χ1n) is 9.95. The average Bonchev–Trinajstić information content (AvgIpc) is 3.15. The number of H-pyrrole nitrogens is 1. The SMILES string of the molecule is COc1cc(NC(=O)Nc2cc(C)c3[nH]c4ccc(Cl)cc4c3c2C)cc(OC)c1OC. The van der Waals surface area contributed by atoms with Gasteiger partial charge in [0.2, 0.25) is 5.75 Å². The van der Waals surface area contributed by atoms with Crippen LogP contribution in [-0.4, -0.2) is 32.3 Å². The van der Waals surface area contributed by atoms with Gasteiger partial charge in [-0.2, -0.15) is 0 Å². The number of urea groups is 1. The van der Waals surface area contributed by atoms with Crippen molar-refractivity contribution in [2.75, 3.05) is 32.0 Å². The lowest BCUT2D eigenvalue weighted by molar-refractivity contribution is 0.262. The average molecular weight is 454 g/mol. The van der Waals surface area contributed by atoms with Crippen LogP contribution in [0.3, 0.4) is 0 Å². The van der Waals surface area contributed by atoms with Gasteiger partial charge in [-0.1, -0.05) is 11.6 Å². The first-order valence-corrected chi connectivity index (χ1v) is 10.3. The second kappa shape index (κ2) is 8.51.